The van der Waals surface area contributed by atoms with E-state index in [2.05, 4.69) is 6.92 Å². The molecule has 1 rings (SSSR count). The van der Waals surface area contributed by atoms with E-state index in [1.807, 2.05) is 13.8 Å². The molecular weight excluding hydrogens is 184 g/mol. The number of hydrogen-bond donors (Lipinski definition) is 1. The van der Waals surface area contributed by atoms with Crippen molar-refractivity contribution in [2.75, 3.05) is 0 Å². The maximum atomic E-state index is 9.67. The highest BCUT2D eigenvalue weighted by Gasteiger charge is 2.09. The van der Waals surface area contributed by atoms with Crippen LogP contribution in [0.25, 0.3) is 0 Å². The third-order valence-electron chi connectivity index (χ3n) is 2.29. The summed E-state index contributed by atoms with van der Waals surface area (Å²) in [5.74, 6) is 0.376. The molecule has 0 aliphatic heterocycles. The smallest absolute Gasteiger partial charge is 0.119 e. The van der Waals surface area contributed by atoms with Crippen molar-refractivity contribution in [1.29, 1.82) is 0 Å². The molecule has 0 amide bonds. The molecule has 0 radical (unpaired) electrons. The first-order chi connectivity index (χ1) is 6.07. The third-order valence-corrected chi connectivity index (χ3v) is 2.87. The molecule has 2 heteroatoms. The average Bonchev–Trinajstić information content (AvgIpc) is 2.09. The largest absolute Gasteiger partial charge is 0.508 e. The maximum Gasteiger partial charge on any atom is 0.119 e. The van der Waals surface area contributed by atoms with Crippen LogP contribution in [-0.4, -0.2) is 5.11 Å². The Labute approximate surface area is 84.4 Å². The highest BCUT2D eigenvalue weighted by Crippen LogP contribution is 2.31. The molecule has 1 aromatic rings. The first-order valence-corrected chi connectivity index (χ1v) is 4.93. The minimum absolute atomic E-state index is 0.376. The number of phenols is 1. The van der Waals surface area contributed by atoms with Gasteiger partial charge in [-0.05, 0) is 43.0 Å². The maximum absolute atomic E-state index is 9.67. The molecule has 0 aromatic heterocycles. The van der Waals surface area contributed by atoms with Gasteiger partial charge in [0.2, 0.25) is 0 Å². The van der Waals surface area contributed by atoms with Gasteiger partial charge in [0.1, 0.15) is 5.75 Å². The quantitative estimate of drug-likeness (QED) is 0.770. The van der Waals surface area contributed by atoms with Crippen molar-refractivity contribution in [1.82, 2.24) is 0 Å². The molecule has 0 heterocycles. The van der Waals surface area contributed by atoms with Gasteiger partial charge in [-0.25, -0.2) is 0 Å². The summed E-state index contributed by atoms with van der Waals surface area (Å²) in [6.45, 7) is 5.96. The van der Waals surface area contributed by atoms with Gasteiger partial charge < -0.3 is 5.11 Å². The van der Waals surface area contributed by atoms with E-state index >= 15 is 0 Å². The van der Waals surface area contributed by atoms with Crippen molar-refractivity contribution < 1.29 is 5.11 Å². The number of halogens is 1. The molecule has 0 saturated carbocycles. The van der Waals surface area contributed by atoms with Crippen LogP contribution in [0.5, 0.6) is 5.75 Å². The van der Waals surface area contributed by atoms with Crippen LogP contribution < -0.4 is 0 Å². The molecule has 13 heavy (non-hydrogen) atoms. The standard InChI is InChI=1S/C11H15ClO/c1-4-5-9-8(3)11(12)7(2)6-10(9)13/h6,13H,4-5H2,1-3H3. The summed E-state index contributed by atoms with van der Waals surface area (Å²) in [5, 5.41) is 10.4. The van der Waals surface area contributed by atoms with Gasteiger partial charge in [0.25, 0.3) is 0 Å². The summed E-state index contributed by atoms with van der Waals surface area (Å²) in [6.07, 6.45) is 1.91. The molecule has 1 nitrogen and oxygen atoms in total. The lowest BCUT2D eigenvalue weighted by molar-refractivity contribution is 0.466. The van der Waals surface area contributed by atoms with Crippen LogP contribution in [0.15, 0.2) is 6.07 Å². The zero-order valence-corrected chi connectivity index (χ0v) is 9.07. The Balaban J connectivity index is 3.26. The summed E-state index contributed by atoms with van der Waals surface area (Å²) >= 11 is 6.08. The topological polar surface area (TPSA) is 20.2 Å². The Morgan fingerprint density at radius 3 is 2.54 bits per heavy atom. The highest BCUT2D eigenvalue weighted by molar-refractivity contribution is 6.32. The zero-order valence-electron chi connectivity index (χ0n) is 8.32. The predicted molar refractivity (Wildman–Crippen MR) is 56.6 cm³/mol. The van der Waals surface area contributed by atoms with E-state index in [1.54, 1.807) is 6.07 Å². The molecule has 0 aliphatic carbocycles. The fraction of sp³-hybridized carbons (Fsp3) is 0.455. The van der Waals surface area contributed by atoms with E-state index in [0.717, 1.165) is 34.6 Å². The van der Waals surface area contributed by atoms with Gasteiger partial charge >= 0.3 is 0 Å². The summed E-state index contributed by atoms with van der Waals surface area (Å²) in [7, 11) is 0. The molecule has 0 aliphatic rings. The van der Waals surface area contributed by atoms with E-state index in [9.17, 15) is 5.11 Å². The number of aromatic hydroxyl groups is 1. The molecule has 0 fully saturated rings. The second-order valence-corrected chi connectivity index (χ2v) is 3.76. The van der Waals surface area contributed by atoms with E-state index in [1.165, 1.54) is 0 Å². The van der Waals surface area contributed by atoms with Gasteiger partial charge in [0, 0.05) is 5.02 Å². The van der Waals surface area contributed by atoms with Crippen molar-refractivity contribution in [2.45, 2.75) is 33.6 Å². The normalized spacial score (nSPS) is 10.5. The minimum atomic E-state index is 0.376. The average molecular weight is 199 g/mol. The third kappa shape index (κ3) is 1.97. The monoisotopic (exact) mass is 198 g/mol. The Hall–Kier alpha value is -0.690. The second kappa shape index (κ2) is 4.01. The first-order valence-electron chi connectivity index (χ1n) is 4.55. The Kier molecular flexibility index (Phi) is 3.21. The van der Waals surface area contributed by atoms with Gasteiger partial charge in [-0.2, -0.15) is 0 Å². The number of phenolic OH excluding ortho intramolecular Hbond substituents is 1. The second-order valence-electron chi connectivity index (χ2n) is 3.38. The lowest BCUT2D eigenvalue weighted by Gasteiger charge is -2.11. The SMILES string of the molecule is CCCc1c(O)cc(C)c(Cl)c1C. The summed E-state index contributed by atoms with van der Waals surface area (Å²) in [5.41, 5.74) is 2.94. The van der Waals surface area contributed by atoms with Crippen molar-refractivity contribution in [3.8, 4) is 5.75 Å². The molecule has 72 valence electrons. The van der Waals surface area contributed by atoms with Crippen LogP contribution in [0.3, 0.4) is 0 Å². The summed E-state index contributed by atoms with van der Waals surface area (Å²) in [4.78, 5) is 0. The number of benzene rings is 1. The van der Waals surface area contributed by atoms with Crippen molar-refractivity contribution >= 4 is 11.6 Å². The van der Waals surface area contributed by atoms with Gasteiger partial charge in [-0.15, -0.1) is 0 Å². The Morgan fingerprint density at radius 2 is 2.00 bits per heavy atom. The van der Waals surface area contributed by atoms with Crippen molar-refractivity contribution in [3.63, 3.8) is 0 Å². The number of hydrogen-bond acceptors (Lipinski definition) is 1. The van der Waals surface area contributed by atoms with E-state index in [4.69, 9.17) is 11.6 Å². The van der Waals surface area contributed by atoms with Crippen LogP contribution in [0, 0.1) is 13.8 Å². The lowest BCUT2D eigenvalue weighted by Crippen LogP contribution is -1.92. The van der Waals surface area contributed by atoms with E-state index in [0.29, 0.717) is 5.75 Å². The molecule has 0 spiro atoms. The van der Waals surface area contributed by atoms with Crippen LogP contribution in [-0.2, 0) is 6.42 Å². The highest BCUT2D eigenvalue weighted by atomic mass is 35.5. The Morgan fingerprint density at radius 1 is 1.38 bits per heavy atom. The van der Waals surface area contributed by atoms with Gasteiger partial charge in [-0.1, -0.05) is 24.9 Å². The Bertz CT molecular complexity index is 318. The fourth-order valence-electron chi connectivity index (χ4n) is 1.54. The predicted octanol–water partition coefficient (Wildman–Crippen LogP) is 3.61. The first kappa shape index (κ1) is 10.4. The summed E-state index contributed by atoms with van der Waals surface area (Å²) < 4.78 is 0. The molecule has 1 N–H and O–H groups in total. The van der Waals surface area contributed by atoms with E-state index in [-0.39, 0.29) is 0 Å². The molecule has 1 aromatic carbocycles. The van der Waals surface area contributed by atoms with Gasteiger partial charge in [0.05, 0.1) is 0 Å². The number of aryl methyl sites for hydroxylation is 1. The van der Waals surface area contributed by atoms with Crippen LogP contribution in [0.4, 0.5) is 0 Å². The lowest BCUT2D eigenvalue weighted by atomic mass is 10.0. The molecular formula is C11H15ClO. The molecule has 0 saturated heterocycles. The molecule has 0 unspecified atom stereocenters. The molecule has 0 atom stereocenters. The fourth-order valence-corrected chi connectivity index (χ4v) is 1.71. The minimum Gasteiger partial charge on any atom is -0.508 e. The van der Waals surface area contributed by atoms with Gasteiger partial charge in [-0.3, -0.25) is 0 Å². The summed E-state index contributed by atoms with van der Waals surface area (Å²) in [6, 6.07) is 1.74. The van der Waals surface area contributed by atoms with Crippen molar-refractivity contribution in [2.24, 2.45) is 0 Å². The van der Waals surface area contributed by atoms with Crippen LogP contribution in [0.1, 0.15) is 30.0 Å². The van der Waals surface area contributed by atoms with Crippen LogP contribution >= 0.6 is 11.6 Å². The van der Waals surface area contributed by atoms with E-state index < -0.39 is 0 Å². The molecule has 0 bridgehead atoms. The van der Waals surface area contributed by atoms with Crippen molar-refractivity contribution in [3.05, 3.63) is 27.8 Å². The van der Waals surface area contributed by atoms with Crippen LogP contribution in [0.2, 0.25) is 5.02 Å². The number of rotatable bonds is 2. The van der Waals surface area contributed by atoms with Gasteiger partial charge in [0.15, 0.2) is 0 Å². The zero-order chi connectivity index (χ0) is 10.0.